The van der Waals surface area contributed by atoms with Gasteiger partial charge >= 0.3 is 0 Å². The summed E-state index contributed by atoms with van der Waals surface area (Å²) in [4.78, 5) is 0. The van der Waals surface area contributed by atoms with Gasteiger partial charge in [0.15, 0.2) is 0 Å². The van der Waals surface area contributed by atoms with Gasteiger partial charge < -0.3 is 4.74 Å². The van der Waals surface area contributed by atoms with Gasteiger partial charge in [-0.3, -0.25) is 0 Å². The molecule has 0 saturated heterocycles. The van der Waals surface area contributed by atoms with E-state index in [1.165, 1.54) is 0 Å². The van der Waals surface area contributed by atoms with Crippen LogP contribution in [0.3, 0.4) is 0 Å². The van der Waals surface area contributed by atoms with E-state index in [-0.39, 0.29) is 6.10 Å². The molecule has 0 heterocycles. The Morgan fingerprint density at radius 3 is 2.92 bits per heavy atom. The van der Waals surface area contributed by atoms with Crippen molar-refractivity contribution in [2.45, 2.75) is 25.9 Å². The third kappa shape index (κ3) is 6.45. The van der Waals surface area contributed by atoms with Crippen molar-refractivity contribution < 1.29 is 4.74 Å². The van der Waals surface area contributed by atoms with Gasteiger partial charge in [0.25, 0.3) is 0 Å². The molecule has 0 radical (unpaired) electrons. The minimum absolute atomic E-state index is 0.156. The molecule has 68 valence electrons. The van der Waals surface area contributed by atoms with Crippen LogP contribution in [0.1, 0.15) is 19.8 Å². The molecule has 0 N–H and O–H groups in total. The van der Waals surface area contributed by atoms with Crippen LogP contribution in [-0.4, -0.2) is 18.0 Å². The Kier molecular flexibility index (Phi) is 8.64. The summed E-state index contributed by atoms with van der Waals surface area (Å²) in [7, 11) is 0. The van der Waals surface area contributed by atoms with Gasteiger partial charge in [-0.15, -0.1) is 12.5 Å². The standard InChI is InChI=1S/C10H15BrO/c1-3-5-9-12-10(4-2)7-6-8-11/h4,10H,2,6-9H2,1H3. The molecule has 0 bridgehead atoms. The van der Waals surface area contributed by atoms with E-state index in [0.29, 0.717) is 6.61 Å². The van der Waals surface area contributed by atoms with E-state index in [2.05, 4.69) is 34.3 Å². The Morgan fingerprint density at radius 2 is 2.42 bits per heavy atom. The molecule has 0 spiro atoms. The molecule has 0 fully saturated rings. The van der Waals surface area contributed by atoms with Gasteiger partial charge in [-0.2, -0.15) is 0 Å². The number of hydrogen-bond acceptors (Lipinski definition) is 1. The van der Waals surface area contributed by atoms with Crippen molar-refractivity contribution in [1.82, 2.24) is 0 Å². The monoisotopic (exact) mass is 230 g/mol. The highest BCUT2D eigenvalue weighted by Crippen LogP contribution is 2.04. The van der Waals surface area contributed by atoms with Crippen molar-refractivity contribution in [2.24, 2.45) is 0 Å². The van der Waals surface area contributed by atoms with Crippen LogP contribution in [0.15, 0.2) is 12.7 Å². The van der Waals surface area contributed by atoms with Gasteiger partial charge in [0.05, 0.1) is 6.10 Å². The lowest BCUT2D eigenvalue weighted by atomic mass is 10.2. The number of hydrogen-bond donors (Lipinski definition) is 0. The van der Waals surface area contributed by atoms with Gasteiger partial charge in [-0.25, -0.2) is 0 Å². The Labute approximate surface area is 83.3 Å². The molecule has 0 aliphatic carbocycles. The minimum Gasteiger partial charge on any atom is -0.362 e. The number of rotatable bonds is 6. The normalized spacial score (nSPS) is 11.5. The predicted octanol–water partition coefficient (Wildman–Crippen LogP) is 2.76. The van der Waals surface area contributed by atoms with Gasteiger partial charge in [0.1, 0.15) is 6.61 Å². The zero-order valence-electron chi connectivity index (χ0n) is 7.48. The quantitative estimate of drug-likeness (QED) is 0.388. The first kappa shape index (κ1) is 11.7. The lowest BCUT2D eigenvalue weighted by Crippen LogP contribution is -2.09. The van der Waals surface area contributed by atoms with Crippen LogP contribution < -0.4 is 0 Å². The molecule has 0 aromatic carbocycles. The molecule has 0 saturated carbocycles. The molecular formula is C10H15BrO. The number of ether oxygens (including phenoxy) is 1. The molecule has 0 rings (SSSR count). The number of halogens is 1. The summed E-state index contributed by atoms with van der Waals surface area (Å²) in [5.74, 6) is 5.64. The smallest absolute Gasteiger partial charge is 0.108 e. The maximum absolute atomic E-state index is 5.42. The van der Waals surface area contributed by atoms with E-state index in [4.69, 9.17) is 4.74 Å². The largest absolute Gasteiger partial charge is 0.362 e. The summed E-state index contributed by atoms with van der Waals surface area (Å²) in [5.41, 5.74) is 0. The Balaban J connectivity index is 3.50. The van der Waals surface area contributed by atoms with Crippen molar-refractivity contribution in [2.75, 3.05) is 11.9 Å². The van der Waals surface area contributed by atoms with Crippen LogP contribution >= 0.6 is 15.9 Å². The fraction of sp³-hybridized carbons (Fsp3) is 0.600. The highest BCUT2D eigenvalue weighted by molar-refractivity contribution is 9.09. The molecule has 2 heteroatoms. The average molecular weight is 231 g/mol. The minimum atomic E-state index is 0.156. The van der Waals surface area contributed by atoms with Gasteiger partial charge in [-0.05, 0) is 19.8 Å². The maximum atomic E-state index is 5.42. The van der Waals surface area contributed by atoms with Gasteiger partial charge in [0.2, 0.25) is 0 Å². The SMILES string of the molecule is C=CC(CCCBr)OCC#CC. The van der Waals surface area contributed by atoms with Crippen LogP contribution in [0.5, 0.6) is 0 Å². The maximum Gasteiger partial charge on any atom is 0.108 e. The molecule has 1 atom stereocenters. The molecule has 12 heavy (non-hydrogen) atoms. The third-order valence-electron chi connectivity index (χ3n) is 1.43. The highest BCUT2D eigenvalue weighted by atomic mass is 79.9. The van der Waals surface area contributed by atoms with Crippen molar-refractivity contribution >= 4 is 15.9 Å². The summed E-state index contributed by atoms with van der Waals surface area (Å²) in [5, 5.41) is 1.01. The second-order valence-corrected chi connectivity index (χ2v) is 3.14. The summed E-state index contributed by atoms with van der Waals surface area (Å²) in [6.07, 6.45) is 4.11. The van der Waals surface area contributed by atoms with Crippen molar-refractivity contribution in [1.29, 1.82) is 0 Å². The Hall–Kier alpha value is -0.260. The van der Waals surface area contributed by atoms with Gasteiger partial charge in [-0.1, -0.05) is 27.9 Å². The van der Waals surface area contributed by atoms with E-state index in [0.717, 1.165) is 18.2 Å². The first-order chi connectivity index (χ1) is 5.85. The van der Waals surface area contributed by atoms with Crippen LogP contribution in [-0.2, 0) is 4.74 Å². The first-order valence-corrected chi connectivity index (χ1v) is 5.17. The van der Waals surface area contributed by atoms with E-state index >= 15 is 0 Å². The van der Waals surface area contributed by atoms with Crippen LogP contribution in [0, 0.1) is 11.8 Å². The molecule has 0 aliphatic heterocycles. The Bertz CT molecular complexity index is 166. The summed E-state index contributed by atoms with van der Waals surface area (Å²) < 4.78 is 5.42. The first-order valence-electron chi connectivity index (χ1n) is 4.05. The second kappa shape index (κ2) is 8.83. The van der Waals surface area contributed by atoms with Crippen molar-refractivity contribution in [3.8, 4) is 11.8 Å². The summed E-state index contributed by atoms with van der Waals surface area (Å²) in [6.45, 7) is 6.02. The number of alkyl halides is 1. The van der Waals surface area contributed by atoms with E-state index in [1.807, 2.05) is 13.0 Å². The third-order valence-corrected chi connectivity index (χ3v) is 1.99. The average Bonchev–Trinajstić information content (AvgIpc) is 2.11. The molecule has 0 aromatic heterocycles. The molecule has 1 nitrogen and oxygen atoms in total. The highest BCUT2D eigenvalue weighted by Gasteiger charge is 2.01. The topological polar surface area (TPSA) is 9.23 Å². The van der Waals surface area contributed by atoms with Gasteiger partial charge in [0, 0.05) is 5.33 Å². The molecule has 1 unspecified atom stereocenters. The van der Waals surface area contributed by atoms with E-state index in [1.54, 1.807) is 0 Å². The zero-order valence-corrected chi connectivity index (χ0v) is 9.06. The van der Waals surface area contributed by atoms with Crippen molar-refractivity contribution in [3.05, 3.63) is 12.7 Å². The fourth-order valence-corrected chi connectivity index (χ4v) is 1.09. The van der Waals surface area contributed by atoms with Crippen LogP contribution in [0.4, 0.5) is 0 Å². The molecule has 0 aliphatic rings. The zero-order chi connectivity index (χ0) is 9.23. The van der Waals surface area contributed by atoms with Crippen LogP contribution in [0.2, 0.25) is 0 Å². The predicted molar refractivity (Wildman–Crippen MR) is 56.4 cm³/mol. The lowest BCUT2D eigenvalue weighted by molar-refractivity contribution is 0.107. The molecule has 0 aromatic rings. The Morgan fingerprint density at radius 1 is 1.67 bits per heavy atom. The van der Waals surface area contributed by atoms with Crippen molar-refractivity contribution in [3.63, 3.8) is 0 Å². The summed E-state index contributed by atoms with van der Waals surface area (Å²) >= 11 is 3.37. The molecular weight excluding hydrogens is 216 g/mol. The van der Waals surface area contributed by atoms with E-state index < -0.39 is 0 Å². The summed E-state index contributed by atoms with van der Waals surface area (Å²) in [6, 6.07) is 0. The lowest BCUT2D eigenvalue weighted by Gasteiger charge is -2.10. The fourth-order valence-electron chi connectivity index (χ4n) is 0.768. The van der Waals surface area contributed by atoms with Crippen LogP contribution in [0.25, 0.3) is 0 Å². The van der Waals surface area contributed by atoms with E-state index in [9.17, 15) is 0 Å². The molecule has 0 amide bonds. The second-order valence-electron chi connectivity index (χ2n) is 2.34.